The number of hydrogen-bond acceptors (Lipinski definition) is 6. The van der Waals surface area contributed by atoms with E-state index in [2.05, 4.69) is 31.2 Å². The molecule has 2 saturated carbocycles. The molecule has 2 heterocycles. The van der Waals surface area contributed by atoms with Crippen molar-refractivity contribution in [3.8, 4) is 16.9 Å². The number of aliphatic hydroxyl groups excluding tert-OH is 1. The molecule has 2 bridgehead atoms. The van der Waals surface area contributed by atoms with Crippen LogP contribution in [0.4, 0.5) is 0 Å². The number of benzene rings is 2. The fourth-order valence-electron chi connectivity index (χ4n) is 10.3. The Morgan fingerprint density at radius 1 is 0.936 bits per heavy atom. The molecule has 47 heavy (non-hydrogen) atoms. The number of fused-ring (bicyclic) bond motifs is 1. The lowest BCUT2D eigenvalue weighted by atomic mass is 9.44. The van der Waals surface area contributed by atoms with Crippen LogP contribution in [0.15, 0.2) is 88.9 Å². The van der Waals surface area contributed by atoms with Crippen LogP contribution in [-0.2, 0) is 19.1 Å². The molecule has 6 nitrogen and oxygen atoms in total. The van der Waals surface area contributed by atoms with Crippen LogP contribution in [0.1, 0.15) is 83.1 Å². The molecule has 0 amide bonds. The molecule has 2 aromatic rings. The predicted molar refractivity (Wildman–Crippen MR) is 179 cm³/mol. The number of cyclic esters (lactones) is 2. The minimum Gasteiger partial charge on any atom is -0.508 e. The van der Waals surface area contributed by atoms with Crippen LogP contribution in [0.5, 0.6) is 5.75 Å². The van der Waals surface area contributed by atoms with Crippen molar-refractivity contribution in [3.63, 3.8) is 0 Å². The summed E-state index contributed by atoms with van der Waals surface area (Å²) in [5.41, 5.74) is 5.49. The van der Waals surface area contributed by atoms with Crippen LogP contribution in [0.2, 0.25) is 0 Å². The first-order valence-corrected chi connectivity index (χ1v) is 17.8. The SMILES string of the molecule is CCCC=C1OC(=O)C2=C(c3cc(O)ccc3-c3ccccc3)C3CCC12C1C2=C(CCC31)C(=CCC(CO)C1CCCC1)OC2=O. The smallest absolute Gasteiger partial charge is 0.340 e. The van der Waals surface area contributed by atoms with E-state index in [4.69, 9.17) is 9.47 Å². The molecular formula is C41H44O6. The maximum absolute atomic E-state index is 14.2. The van der Waals surface area contributed by atoms with Crippen LogP contribution in [0.25, 0.3) is 16.7 Å². The summed E-state index contributed by atoms with van der Waals surface area (Å²) in [5, 5.41) is 21.0. The first-order chi connectivity index (χ1) is 23.0. The van der Waals surface area contributed by atoms with Crippen molar-refractivity contribution in [2.24, 2.45) is 35.0 Å². The number of carbonyl (C=O) groups is 2. The third-order valence-electron chi connectivity index (χ3n) is 12.2. The lowest BCUT2D eigenvalue weighted by Gasteiger charge is -2.56. The summed E-state index contributed by atoms with van der Waals surface area (Å²) in [6, 6.07) is 15.6. The molecule has 7 aliphatic rings. The van der Waals surface area contributed by atoms with Crippen molar-refractivity contribution in [3.05, 3.63) is 94.5 Å². The van der Waals surface area contributed by atoms with Gasteiger partial charge in [0.25, 0.3) is 0 Å². The second-order valence-electron chi connectivity index (χ2n) is 14.5. The molecule has 3 fully saturated rings. The van der Waals surface area contributed by atoms with Crippen molar-refractivity contribution in [2.75, 3.05) is 6.61 Å². The number of ether oxygens (including phenoxy) is 2. The number of unbranched alkanes of at least 4 members (excludes halogenated alkanes) is 1. The van der Waals surface area contributed by atoms with E-state index in [1.165, 1.54) is 12.8 Å². The van der Waals surface area contributed by atoms with Gasteiger partial charge in [-0.15, -0.1) is 0 Å². The lowest BCUT2D eigenvalue weighted by Crippen LogP contribution is -2.52. The maximum atomic E-state index is 14.2. The third-order valence-corrected chi connectivity index (χ3v) is 12.2. The summed E-state index contributed by atoms with van der Waals surface area (Å²) in [6.07, 6.45) is 14.5. The van der Waals surface area contributed by atoms with Gasteiger partial charge in [0.05, 0.1) is 11.0 Å². The largest absolute Gasteiger partial charge is 0.508 e. The number of esters is 2. The Balaban J connectivity index is 1.29. The van der Waals surface area contributed by atoms with Crippen molar-refractivity contribution in [1.29, 1.82) is 0 Å². The van der Waals surface area contributed by atoms with Crippen molar-refractivity contribution < 1.29 is 29.3 Å². The van der Waals surface area contributed by atoms with Crippen LogP contribution in [0, 0.1) is 35.0 Å². The van der Waals surface area contributed by atoms with Gasteiger partial charge in [-0.3, -0.25) is 0 Å². The fourth-order valence-corrected chi connectivity index (χ4v) is 10.3. The quantitative estimate of drug-likeness (QED) is 0.284. The zero-order chi connectivity index (χ0) is 32.3. The number of rotatable bonds is 8. The molecule has 1 spiro atoms. The van der Waals surface area contributed by atoms with Crippen LogP contribution >= 0.6 is 0 Å². The second-order valence-corrected chi connectivity index (χ2v) is 14.5. The second kappa shape index (κ2) is 12.0. The number of carbonyl (C=O) groups excluding carboxylic acids is 2. The van der Waals surface area contributed by atoms with E-state index in [1.54, 1.807) is 6.07 Å². The van der Waals surface area contributed by atoms with E-state index in [0.29, 0.717) is 29.4 Å². The number of hydrogen-bond donors (Lipinski definition) is 2. The van der Waals surface area contributed by atoms with Gasteiger partial charge < -0.3 is 19.7 Å². The molecule has 2 N–H and O–H groups in total. The highest BCUT2D eigenvalue weighted by Gasteiger charge is 2.68. The summed E-state index contributed by atoms with van der Waals surface area (Å²) < 4.78 is 12.3. The van der Waals surface area contributed by atoms with Gasteiger partial charge in [0.2, 0.25) is 0 Å². The zero-order valence-electron chi connectivity index (χ0n) is 27.2. The Morgan fingerprint density at radius 3 is 2.51 bits per heavy atom. The van der Waals surface area contributed by atoms with Gasteiger partial charge in [-0.1, -0.05) is 75.4 Å². The number of aliphatic hydroxyl groups is 1. The van der Waals surface area contributed by atoms with Crippen LogP contribution in [0.3, 0.4) is 0 Å². The number of phenolic OH excluding ortho intramolecular Hbond substituents is 1. The summed E-state index contributed by atoms with van der Waals surface area (Å²) in [6.45, 7) is 2.26. The Hall–Kier alpha value is -3.90. The van der Waals surface area contributed by atoms with Gasteiger partial charge in [-0.2, -0.15) is 0 Å². The standard InChI is InChI=1S/C41H44O6/c1-2-3-13-34-41-21-20-29(35(38(41)40(45)47-34)32-22-27(43)15-16-28(32)25-11-5-4-6-12-25)30-17-18-31-33(46-39(44)36(31)37(30)41)19-14-26(23-42)24-9-7-8-10-24/h4-6,11-13,15-16,19,22,24,26,29-30,37,42-43H,2-3,7-10,14,17-18,20-21,23H2,1H3. The predicted octanol–water partition coefficient (Wildman–Crippen LogP) is 8.42. The summed E-state index contributed by atoms with van der Waals surface area (Å²) in [5.74, 6) is 1.54. The molecule has 9 rings (SSSR count). The Morgan fingerprint density at radius 2 is 1.74 bits per heavy atom. The maximum Gasteiger partial charge on any atom is 0.340 e. The Bertz CT molecular complexity index is 1740. The van der Waals surface area contributed by atoms with Gasteiger partial charge in [-0.25, -0.2) is 9.59 Å². The molecular weight excluding hydrogens is 588 g/mol. The summed E-state index contributed by atoms with van der Waals surface area (Å²) in [4.78, 5) is 28.2. The van der Waals surface area contributed by atoms with Crippen molar-refractivity contribution >= 4 is 17.5 Å². The van der Waals surface area contributed by atoms with E-state index in [9.17, 15) is 19.8 Å². The Kier molecular flexibility index (Phi) is 7.75. The van der Waals surface area contributed by atoms with Crippen molar-refractivity contribution in [1.82, 2.24) is 0 Å². The number of allylic oxidation sites excluding steroid dienone is 5. The molecule has 244 valence electrons. The first kappa shape index (κ1) is 30.4. The van der Waals surface area contributed by atoms with Crippen LogP contribution < -0.4 is 0 Å². The molecule has 0 radical (unpaired) electrons. The van der Waals surface area contributed by atoms with Gasteiger partial charge in [0.15, 0.2) is 0 Å². The molecule has 0 aromatic heterocycles. The minimum absolute atomic E-state index is 0.0372. The molecule has 2 aliphatic heterocycles. The average Bonchev–Trinajstić information content (AvgIpc) is 3.82. The number of phenols is 1. The average molecular weight is 633 g/mol. The highest BCUT2D eigenvalue weighted by molar-refractivity contribution is 6.07. The normalized spacial score (nSPS) is 30.6. The van der Waals surface area contributed by atoms with Gasteiger partial charge >= 0.3 is 11.9 Å². The van der Waals surface area contributed by atoms with E-state index in [1.807, 2.05) is 30.3 Å². The van der Waals surface area contributed by atoms with E-state index < -0.39 is 5.41 Å². The van der Waals surface area contributed by atoms with Gasteiger partial charge in [0.1, 0.15) is 17.3 Å². The molecule has 5 aliphatic carbocycles. The first-order valence-electron chi connectivity index (χ1n) is 17.8. The topological polar surface area (TPSA) is 93.1 Å². The van der Waals surface area contributed by atoms with Gasteiger partial charge in [0, 0.05) is 23.7 Å². The third kappa shape index (κ3) is 4.69. The summed E-state index contributed by atoms with van der Waals surface area (Å²) in [7, 11) is 0. The highest BCUT2D eigenvalue weighted by Crippen LogP contribution is 2.72. The fraction of sp³-hybridized carbons (Fsp3) is 0.463. The molecule has 1 saturated heterocycles. The molecule has 6 heteroatoms. The number of aromatic hydroxyl groups is 1. The monoisotopic (exact) mass is 632 g/mol. The van der Waals surface area contributed by atoms with Crippen LogP contribution in [-0.4, -0.2) is 28.8 Å². The zero-order valence-corrected chi connectivity index (χ0v) is 27.2. The molecule has 2 aromatic carbocycles. The summed E-state index contributed by atoms with van der Waals surface area (Å²) >= 11 is 0. The van der Waals surface area contributed by atoms with Gasteiger partial charge in [-0.05, 0) is 109 Å². The highest BCUT2D eigenvalue weighted by atomic mass is 16.5. The minimum atomic E-state index is -0.757. The van der Waals surface area contributed by atoms with E-state index >= 15 is 0 Å². The lowest BCUT2D eigenvalue weighted by molar-refractivity contribution is -0.135. The van der Waals surface area contributed by atoms with Crippen molar-refractivity contribution in [2.45, 2.75) is 77.6 Å². The van der Waals surface area contributed by atoms with E-state index in [-0.39, 0.29) is 48.0 Å². The molecule has 5 atom stereocenters. The molecule has 5 unspecified atom stereocenters. The Labute approximate surface area is 276 Å². The van der Waals surface area contributed by atoms with E-state index in [0.717, 1.165) is 84.8 Å².